The number of nitrogens with zero attached hydrogens (tertiary/aromatic N) is 1. The quantitative estimate of drug-likeness (QED) is 0.527. The average molecular weight is 444 g/mol. The number of likely N-dealkylation sites (N-methyl/N-ethyl adjacent to an activating group) is 1. The van der Waals surface area contributed by atoms with Crippen LogP contribution in [-0.4, -0.2) is 48.6 Å². The first-order valence-electron chi connectivity index (χ1n) is 10.2. The van der Waals surface area contributed by atoms with Crippen molar-refractivity contribution in [2.24, 2.45) is 0 Å². The molecule has 2 N–H and O–H groups in total. The largest absolute Gasteiger partial charge is 0.497 e. The number of aromatic nitrogens is 1. The molecule has 158 valence electrons. The molecule has 1 saturated heterocycles. The fourth-order valence-corrected chi connectivity index (χ4v) is 5.17. The fourth-order valence-electron chi connectivity index (χ4n) is 4.01. The van der Waals surface area contributed by atoms with Gasteiger partial charge in [0.2, 0.25) is 0 Å². The Bertz CT molecular complexity index is 1030. The second-order valence-corrected chi connectivity index (χ2v) is 8.95. The summed E-state index contributed by atoms with van der Waals surface area (Å²) < 4.78 is 5.35. The highest BCUT2D eigenvalue weighted by Gasteiger charge is 2.25. The molecule has 1 unspecified atom stereocenters. The number of halogens is 1. The number of amides is 1. The van der Waals surface area contributed by atoms with Gasteiger partial charge in [-0.2, -0.15) is 0 Å². The summed E-state index contributed by atoms with van der Waals surface area (Å²) in [6.07, 6.45) is 2.32. The summed E-state index contributed by atoms with van der Waals surface area (Å²) in [6, 6.07) is 13.9. The van der Waals surface area contributed by atoms with E-state index in [4.69, 9.17) is 16.3 Å². The zero-order chi connectivity index (χ0) is 21.1. The van der Waals surface area contributed by atoms with Gasteiger partial charge in [0.05, 0.1) is 17.5 Å². The van der Waals surface area contributed by atoms with E-state index in [2.05, 4.69) is 22.1 Å². The van der Waals surface area contributed by atoms with Crippen molar-refractivity contribution in [2.75, 3.05) is 26.7 Å². The number of H-pyrrole nitrogens is 1. The number of carbonyl (C=O) groups is 1. The van der Waals surface area contributed by atoms with E-state index < -0.39 is 0 Å². The number of carbonyl (C=O) groups excluding carboxylic acids is 1. The standard InChI is InChI=1S/C23H26ClN3O2S/c1-3-27-12-4-5-16(27)14-25-23(28)21-22(30-18-9-6-15(24)7-10-18)19-11-8-17(29-2)13-20(19)26-21/h6-11,13,16,26H,3-5,12,14H2,1-2H3,(H,25,28). The molecule has 1 aromatic heterocycles. The predicted molar refractivity (Wildman–Crippen MR) is 123 cm³/mol. The predicted octanol–water partition coefficient (Wildman–Crippen LogP) is 5.20. The molecule has 3 aromatic rings. The molecule has 2 aromatic carbocycles. The maximum Gasteiger partial charge on any atom is 0.268 e. The minimum Gasteiger partial charge on any atom is -0.497 e. The van der Waals surface area contributed by atoms with Crippen molar-refractivity contribution >= 4 is 40.2 Å². The SMILES string of the molecule is CCN1CCCC1CNC(=O)c1[nH]c2cc(OC)ccc2c1Sc1ccc(Cl)cc1. The summed E-state index contributed by atoms with van der Waals surface area (Å²) in [4.78, 5) is 20.8. The molecule has 0 spiro atoms. The average Bonchev–Trinajstić information content (AvgIpc) is 3.37. The number of rotatable bonds is 7. The van der Waals surface area contributed by atoms with Crippen LogP contribution in [0.2, 0.25) is 5.02 Å². The van der Waals surface area contributed by atoms with Gasteiger partial charge < -0.3 is 15.0 Å². The van der Waals surface area contributed by atoms with Crippen molar-refractivity contribution in [1.29, 1.82) is 0 Å². The van der Waals surface area contributed by atoms with Gasteiger partial charge >= 0.3 is 0 Å². The number of fused-ring (bicyclic) bond motifs is 1. The van der Waals surface area contributed by atoms with Crippen LogP contribution in [-0.2, 0) is 0 Å². The third-order valence-corrected chi connectivity index (χ3v) is 7.01. The molecule has 1 amide bonds. The van der Waals surface area contributed by atoms with Crippen molar-refractivity contribution in [2.45, 2.75) is 35.6 Å². The molecular formula is C23H26ClN3O2S. The number of hydrogen-bond donors (Lipinski definition) is 2. The molecule has 7 heteroatoms. The lowest BCUT2D eigenvalue weighted by molar-refractivity contribution is 0.0934. The van der Waals surface area contributed by atoms with Crippen LogP contribution in [0.15, 0.2) is 52.3 Å². The second-order valence-electron chi connectivity index (χ2n) is 7.43. The fraction of sp³-hybridized carbons (Fsp3) is 0.348. The van der Waals surface area contributed by atoms with Crippen LogP contribution in [0.3, 0.4) is 0 Å². The maximum atomic E-state index is 13.2. The van der Waals surface area contributed by atoms with Gasteiger partial charge in [-0.1, -0.05) is 30.3 Å². The van der Waals surface area contributed by atoms with E-state index in [1.807, 2.05) is 42.5 Å². The van der Waals surface area contributed by atoms with E-state index in [0.717, 1.165) is 46.0 Å². The molecule has 1 aliphatic rings. The van der Waals surface area contributed by atoms with Gasteiger partial charge in [0.1, 0.15) is 11.4 Å². The molecule has 0 bridgehead atoms. The van der Waals surface area contributed by atoms with Gasteiger partial charge in [-0.3, -0.25) is 9.69 Å². The van der Waals surface area contributed by atoms with E-state index >= 15 is 0 Å². The number of aromatic amines is 1. The Hall–Kier alpha value is -2.15. The monoisotopic (exact) mass is 443 g/mol. The van der Waals surface area contributed by atoms with Crippen LogP contribution in [0.4, 0.5) is 0 Å². The van der Waals surface area contributed by atoms with Crippen LogP contribution in [0.25, 0.3) is 10.9 Å². The zero-order valence-electron chi connectivity index (χ0n) is 17.2. The lowest BCUT2D eigenvalue weighted by Gasteiger charge is -2.22. The second kappa shape index (κ2) is 9.33. The highest BCUT2D eigenvalue weighted by atomic mass is 35.5. The third-order valence-electron chi connectivity index (χ3n) is 5.62. The Kier molecular flexibility index (Phi) is 6.56. The van der Waals surface area contributed by atoms with E-state index in [0.29, 0.717) is 23.3 Å². The summed E-state index contributed by atoms with van der Waals surface area (Å²) in [7, 11) is 1.64. The van der Waals surface area contributed by atoms with Crippen molar-refractivity contribution < 1.29 is 9.53 Å². The Morgan fingerprint density at radius 1 is 1.30 bits per heavy atom. The minimum absolute atomic E-state index is 0.0791. The molecule has 1 aliphatic heterocycles. The van der Waals surface area contributed by atoms with Gasteiger partial charge in [-0.05, 0) is 62.3 Å². The number of nitrogens with one attached hydrogen (secondary N) is 2. The smallest absolute Gasteiger partial charge is 0.268 e. The molecule has 1 atom stereocenters. The lowest BCUT2D eigenvalue weighted by Crippen LogP contribution is -2.40. The van der Waals surface area contributed by atoms with Crippen molar-refractivity contribution in [3.8, 4) is 5.75 Å². The number of likely N-dealkylation sites (tertiary alicyclic amines) is 1. The summed E-state index contributed by atoms with van der Waals surface area (Å²) in [6.45, 7) is 4.97. The van der Waals surface area contributed by atoms with E-state index in [-0.39, 0.29) is 5.91 Å². The first-order valence-corrected chi connectivity index (χ1v) is 11.4. The third kappa shape index (κ3) is 4.46. The zero-order valence-corrected chi connectivity index (χ0v) is 18.8. The Labute approximate surface area is 186 Å². The maximum absolute atomic E-state index is 13.2. The number of benzene rings is 2. The molecule has 30 heavy (non-hydrogen) atoms. The molecule has 2 heterocycles. The molecule has 1 fully saturated rings. The van der Waals surface area contributed by atoms with Crippen LogP contribution < -0.4 is 10.1 Å². The molecule has 5 nitrogen and oxygen atoms in total. The van der Waals surface area contributed by atoms with E-state index in [9.17, 15) is 4.79 Å². The Morgan fingerprint density at radius 2 is 2.10 bits per heavy atom. The van der Waals surface area contributed by atoms with E-state index in [1.54, 1.807) is 18.9 Å². The van der Waals surface area contributed by atoms with Gasteiger partial charge in [-0.15, -0.1) is 0 Å². The molecule has 0 saturated carbocycles. The van der Waals surface area contributed by atoms with Crippen LogP contribution in [0, 0.1) is 0 Å². The number of ether oxygens (including phenoxy) is 1. The summed E-state index contributed by atoms with van der Waals surface area (Å²) >= 11 is 7.60. The molecule has 4 rings (SSSR count). The normalized spacial score (nSPS) is 16.8. The van der Waals surface area contributed by atoms with Crippen LogP contribution >= 0.6 is 23.4 Å². The number of methoxy groups -OCH3 is 1. The van der Waals surface area contributed by atoms with Crippen LogP contribution in [0.5, 0.6) is 5.75 Å². The summed E-state index contributed by atoms with van der Waals surface area (Å²) in [5, 5.41) is 4.84. The van der Waals surface area contributed by atoms with Gasteiger partial charge in [0.25, 0.3) is 5.91 Å². The van der Waals surface area contributed by atoms with Crippen molar-refractivity contribution in [1.82, 2.24) is 15.2 Å². The van der Waals surface area contributed by atoms with Gasteiger partial charge in [0, 0.05) is 34.0 Å². The van der Waals surface area contributed by atoms with E-state index in [1.165, 1.54) is 6.42 Å². The summed E-state index contributed by atoms with van der Waals surface area (Å²) in [5.41, 5.74) is 1.46. The van der Waals surface area contributed by atoms with Crippen molar-refractivity contribution in [3.63, 3.8) is 0 Å². The van der Waals surface area contributed by atoms with Gasteiger partial charge in [0.15, 0.2) is 0 Å². The summed E-state index contributed by atoms with van der Waals surface area (Å²) in [5.74, 6) is 0.674. The lowest BCUT2D eigenvalue weighted by atomic mass is 10.2. The molecular weight excluding hydrogens is 418 g/mol. The van der Waals surface area contributed by atoms with Crippen LogP contribution in [0.1, 0.15) is 30.3 Å². The number of hydrogen-bond acceptors (Lipinski definition) is 4. The Morgan fingerprint density at radius 3 is 2.83 bits per heavy atom. The molecule has 0 radical (unpaired) electrons. The highest BCUT2D eigenvalue weighted by molar-refractivity contribution is 7.99. The van der Waals surface area contributed by atoms with Crippen molar-refractivity contribution in [3.05, 3.63) is 53.2 Å². The highest BCUT2D eigenvalue weighted by Crippen LogP contribution is 2.38. The first kappa shape index (κ1) is 21.1. The molecule has 0 aliphatic carbocycles. The first-order chi connectivity index (χ1) is 14.6. The topological polar surface area (TPSA) is 57.4 Å². The van der Waals surface area contributed by atoms with Gasteiger partial charge in [-0.25, -0.2) is 0 Å². The Balaban J connectivity index is 1.63. The minimum atomic E-state index is -0.0791.